The van der Waals surface area contributed by atoms with Gasteiger partial charge in [0.1, 0.15) is 0 Å². The number of benzene rings is 1. The van der Waals surface area contributed by atoms with E-state index in [9.17, 15) is 0 Å². The Labute approximate surface area is 159 Å². The van der Waals surface area contributed by atoms with Gasteiger partial charge in [-0.05, 0) is 50.1 Å². The molecule has 0 spiro atoms. The van der Waals surface area contributed by atoms with Crippen LogP contribution >= 0.6 is 0 Å². The largest absolute Gasteiger partial charge is 0.355 e. The third-order valence-corrected chi connectivity index (χ3v) is 5.49. The molecule has 5 heteroatoms. The van der Waals surface area contributed by atoms with Crippen LogP contribution in [0.4, 0.5) is 0 Å². The zero-order valence-electron chi connectivity index (χ0n) is 17.1. The monoisotopic (exact) mass is 359 g/mol. The van der Waals surface area contributed by atoms with Crippen molar-refractivity contribution in [2.45, 2.75) is 52.7 Å². The summed E-state index contributed by atoms with van der Waals surface area (Å²) in [6.07, 6.45) is 2.59. The highest BCUT2D eigenvalue weighted by molar-refractivity contribution is 5.79. The Morgan fingerprint density at radius 1 is 1.15 bits per heavy atom. The van der Waals surface area contributed by atoms with Gasteiger partial charge in [-0.2, -0.15) is 0 Å². The molecule has 146 valence electrons. The average Bonchev–Trinajstić information content (AvgIpc) is 3.14. The van der Waals surface area contributed by atoms with Gasteiger partial charge in [0.2, 0.25) is 0 Å². The Morgan fingerprint density at radius 3 is 2.54 bits per heavy atom. The van der Waals surface area contributed by atoms with Gasteiger partial charge >= 0.3 is 0 Å². The molecule has 0 bridgehead atoms. The van der Waals surface area contributed by atoms with E-state index in [-0.39, 0.29) is 0 Å². The molecule has 1 heterocycles. The molecule has 0 aliphatic carbocycles. The third-order valence-electron chi connectivity index (χ3n) is 5.49. The summed E-state index contributed by atoms with van der Waals surface area (Å²) in [6, 6.07) is 9.34. The first-order chi connectivity index (χ1) is 12.7. The number of nitrogens with one attached hydrogen (secondary N) is 2. The smallest absolute Gasteiger partial charge is 0.191 e. The van der Waals surface area contributed by atoms with Crippen LogP contribution in [0, 0.1) is 0 Å². The van der Waals surface area contributed by atoms with E-state index in [1.54, 1.807) is 0 Å². The van der Waals surface area contributed by atoms with Crippen LogP contribution in [0.1, 0.15) is 44.7 Å². The minimum absolute atomic E-state index is 0.633. The van der Waals surface area contributed by atoms with Crippen LogP contribution < -0.4 is 10.6 Å². The van der Waals surface area contributed by atoms with Crippen molar-refractivity contribution in [3.8, 4) is 0 Å². The fourth-order valence-corrected chi connectivity index (χ4v) is 3.73. The molecule has 1 unspecified atom stereocenters. The van der Waals surface area contributed by atoms with E-state index in [4.69, 9.17) is 0 Å². The number of aliphatic imine (C=N–C) groups is 1. The minimum atomic E-state index is 0.633. The van der Waals surface area contributed by atoms with Crippen molar-refractivity contribution >= 4 is 5.96 Å². The second-order valence-corrected chi connectivity index (χ2v) is 6.96. The van der Waals surface area contributed by atoms with E-state index in [0.717, 1.165) is 45.2 Å². The van der Waals surface area contributed by atoms with Crippen LogP contribution in [0.25, 0.3) is 0 Å². The van der Waals surface area contributed by atoms with Gasteiger partial charge in [0.15, 0.2) is 5.96 Å². The van der Waals surface area contributed by atoms with Crippen molar-refractivity contribution < 1.29 is 0 Å². The Kier molecular flexibility index (Phi) is 8.92. The summed E-state index contributed by atoms with van der Waals surface area (Å²) < 4.78 is 0. The molecule has 5 nitrogen and oxygen atoms in total. The third kappa shape index (κ3) is 5.99. The maximum atomic E-state index is 4.40. The summed E-state index contributed by atoms with van der Waals surface area (Å²) in [5.41, 5.74) is 2.74. The maximum Gasteiger partial charge on any atom is 0.191 e. The van der Waals surface area contributed by atoms with Crippen molar-refractivity contribution in [3.63, 3.8) is 0 Å². The van der Waals surface area contributed by atoms with Crippen molar-refractivity contribution in [1.82, 2.24) is 20.4 Å². The van der Waals surface area contributed by atoms with Gasteiger partial charge in [-0.1, -0.05) is 45.0 Å². The van der Waals surface area contributed by atoms with Crippen molar-refractivity contribution in [1.29, 1.82) is 0 Å². The standard InChI is InChI=1S/C21H37N5/c1-5-25(6-2)17-19-12-9-8-11-18(19)15-23-21(22-4)24-16-20-13-10-14-26(20)7-3/h8-9,11-12,20H,5-7,10,13-17H2,1-4H3,(H2,22,23,24). The molecule has 26 heavy (non-hydrogen) atoms. The quantitative estimate of drug-likeness (QED) is 0.525. The van der Waals surface area contributed by atoms with Gasteiger partial charge < -0.3 is 10.6 Å². The number of likely N-dealkylation sites (N-methyl/N-ethyl adjacent to an activating group) is 1. The molecule has 0 radical (unpaired) electrons. The molecule has 1 aromatic carbocycles. The van der Waals surface area contributed by atoms with E-state index < -0.39 is 0 Å². The topological polar surface area (TPSA) is 42.9 Å². The molecule has 0 aromatic heterocycles. The summed E-state index contributed by atoms with van der Waals surface area (Å²) in [5, 5.41) is 7.01. The average molecular weight is 360 g/mol. The Morgan fingerprint density at radius 2 is 1.88 bits per heavy atom. The van der Waals surface area contributed by atoms with Gasteiger partial charge in [-0.25, -0.2) is 0 Å². The Bertz CT molecular complexity index is 553. The first-order valence-electron chi connectivity index (χ1n) is 10.2. The first-order valence-corrected chi connectivity index (χ1v) is 10.2. The fraction of sp³-hybridized carbons (Fsp3) is 0.667. The molecular weight excluding hydrogens is 322 g/mol. The van der Waals surface area contributed by atoms with Crippen molar-refractivity contribution in [3.05, 3.63) is 35.4 Å². The molecule has 1 aliphatic rings. The SMILES string of the molecule is CCN(CC)Cc1ccccc1CNC(=NC)NCC1CCCN1CC. The van der Waals surface area contributed by atoms with E-state index in [1.807, 2.05) is 7.05 Å². The number of hydrogen-bond donors (Lipinski definition) is 2. The van der Waals surface area contributed by atoms with Crippen LogP contribution in [0.2, 0.25) is 0 Å². The van der Waals surface area contributed by atoms with Gasteiger partial charge in [-0.15, -0.1) is 0 Å². The Balaban J connectivity index is 1.88. The van der Waals surface area contributed by atoms with E-state index in [1.165, 1.54) is 30.5 Å². The lowest BCUT2D eigenvalue weighted by molar-refractivity contribution is 0.267. The van der Waals surface area contributed by atoms with Crippen LogP contribution in [-0.2, 0) is 13.1 Å². The molecule has 0 amide bonds. The second-order valence-electron chi connectivity index (χ2n) is 6.96. The second kappa shape index (κ2) is 11.2. The molecule has 1 atom stereocenters. The molecule has 2 N–H and O–H groups in total. The first kappa shape index (κ1) is 20.7. The fourth-order valence-electron chi connectivity index (χ4n) is 3.73. The molecule has 2 rings (SSSR count). The highest BCUT2D eigenvalue weighted by Crippen LogP contribution is 2.15. The highest BCUT2D eigenvalue weighted by atomic mass is 15.2. The summed E-state index contributed by atoms with van der Waals surface area (Å²) >= 11 is 0. The molecular formula is C21H37N5. The van der Waals surface area contributed by atoms with Crippen molar-refractivity contribution in [2.24, 2.45) is 4.99 Å². The number of guanidine groups is 1. The zero-order chi connectivity index (χ0) is 18.8. The lowest BCUT2D eigenvalue weighted by atomic mass is 10.1. The normalized spacial score (nSPS) is 18.5. The van der Waals surface area contributed by atoms with Gasteiger partial charge in [0.05, 0.1) is 0 Å². The van der Waals surface area contributed by atoms with Crippen LogP contribution in [-0.4, -0.2) is 61.6 Å². The van der Waals surface area contributed by atoms with E-state index in [2.05, 4.69) is 70.5 Å². The van der Waals surface area contributed by atoms with Crippen LogP contribution in [0.5, 0.6) is 0 Å². The maximum absolute atomic E-state index is 4.40. The molecule has 1 aromatic rings. The number of rotatable bonds is 9. The summed E-state index contributed by atoms with van der Waals surface area (Å²) in [6.45, 7) is 14.0. The summed E-state index contributed by atoms with van der Waals surface area (Å²) in [4.78, 5) is 9.41. The number of likely N-dealkylation sites (tertiary alicyclic amines) is 1. The number of nitrogens with zero attached hydrogens (tertiary/aromatic N) is 3. The van der Waals surface area contributed by atoms with E-state index in [0.29, 0.717) is 6.04 Å². The van der Waals surface area contributed by atoms with Crippen molar-refractivity contribution in [2.75, 3.05) is 39.8 Å². The summed E-state index contributed by atoms with van der Waals surface area (Å²) in [7, 11) is 1.85. The lowest BCUT2D eigenvalue weighted by Gasteiger charge is -2.24. The predicted octanol–water partition coefficient (Wildman–Crippen LogP) is 2.68. The molecule has 1 fully saturated rings. The number of hydrogen-bond acceptors (Lipinski definition) is 3. The molecule has 0 saturated carbocycles. The van der Waals surface area contributed by atoms with Crippen LogP contribution in [0.15, 0.2) is 29.3 Å². The van der Waals surface area contributed by atoms with Crippen LogP contribution in [0.3, 0.4) is 0 Å². The minimum Gasteiger partial charge on any atom is -0.355 e. The van der Waals surface area contributed by atoms with Gasteiger partial charge in [0, 0.05) is 32.7 Å². The summed E-state index contributed by atoms with van der Waals surface area (Å²) in [5.74, 6) is 0.894. The van der Waals surface area contributed by atoms with Gasteiger partial charge in [0.25, 0.3) is 0 Å². The Hall–Kier alpha value is -1.59. The van der Waals surface area contributed by atoms with Gasteiger partial charge in [-0.3, -0.25) is 14.8 Å². The predicted molar refractivity (Wildman–Crippen MR) is 112 cm³/mol. The highest BCUT2D eigenvalue weighted by Gasteiger charge is 2.22. The molecule has 1 aliphatic heterocycles. The molecule has 1 saturated heterocycles. The zero-order valence-corrected chi connectivity index (χ0v) is 17.1. The van der Waals surface area contributed by atoms with E-state index >= 15 is 0 Å². The lowest BCUT2D eigenvalue weighted by Crippen LogP contribution is -2.44.